The number of carbonyl (C=O) groups excluding carboxylic acids is 1. The molecule has 1 aliphatic carbocycles. The largest absolute Gasteiger partial charge is 0.324 e. The van der Waals surface area contributed by atoms with Crippen LogP contribution in [-0.4, -0.2) is 26.4 Å². The topological polar surface area (TPSA) is 59.8 Å². The Morgan fingerprint density at radius 3 is 2.48 bits per heavy atom. The van der Waals surface area contributed by atoms with Crippen molar-refractivity contribution < 1.29 is 4.79 Å². The number of rotatable bonds is 7. The fourth-order valence-corrected chi connectivity index (χ4v) is 5.00. The Hall–Kier alpha value is -1.44. The summed E-state index contributed by atoms with van der Waals surface area (Å²) in [6, 6.07) is 11.0. The zero-order chi connectivity index (χ0) is 22.1. The molecule has 0 spiro atoms. The van der Waals surface area contributed by atoms with Gasteiger partial charge in [0.2, 0.25) is 5.91 Å². The quantitative estimate of drug-likeness (QED) is 0.274. The van der Waals surface area contributed by atoms with Gasteiger partial charge in [-0.05, 0) is 49.1 Å². The van der Waals surface area contributed by atoms with Crippen LogP contribution in [-0.2, 0) is 11.3 Å². The maximum atomic E-state index is 12.4. The third-order valence-electron chi connectivity index (χ3n) is 5.10. The number of carbonyl (C=O) groups is 1. The third-order valence-corrected chi connectivity index (χ3v) is 7.35. The normalized spacial score (nSPS) is 17.6. The maximum absolute atomic E-state index is 12.4. The zero-order valence-corrected chi connectivity index (χ0v) is 20.3. The number of benzene rings is 2. The Bertz CT molecular complexity index is 1120. The number of thioether (sulfide) groups is 1. The molecule has 31 heavy (non-hydrogen) atoms. The number of hydrogen-bond acceptors (Lipinski definition) is 4. The average molecular weight is 516 g/mol. The van der Waals surface area contributed by atoms with Gasteiger partial charge in [0.15, 0.2) is 5.16 Å². The summed E-state index contributed by atoms with van der Waals surface area (Å²) in [6.07, 6.45) is 1.03. The predicted octanol–water partition coefficient (Wildman–Crippen LogP) is 6.91. The van der Waals surface area contributed by atoms with Crippen LogP contribution in [0.25, 0.3) is 0 Å². The summed E-state index contributed by atoms with van der Waals surface area (Å²) < 4.78 is 2.07. The molecule has 1 fully saturated rings. The van der Waals surface area contributed by atoms with Gasteiger partial charge in [-0.3, -0.25) is 4.79 Å². The first-order valence-corrected chi connectivity index (χ1v) is 12.1. The number of nitrogens with zero attached hydrogens (tertiary/aromatic N) is 3. The Kier molecular flexibility index (Phi) is 7.04. The molecule has 1 saturated carbocycles. The van der Waals surface area contributed by atoms with E-state index in [1.165, 1.54) is 29.5 Å². The van der Waals surface area contributed by atoms with Crippen LogP contribution >= 0.6 is 58.2 Å². The lowest BCUT2D eigenvalue weighted by Crippen LogP contribution is -2.15. The molecule has 162 valence electrons. The number of anilines is 1. The number of hydrogen-bond donors (Lipinski definition) is 1. The van der Waals surface area contributed by atoms with Gasteiger partial charge < -0.3 is 9.88 Å². The molecule has 1 heterocycles. The van der Waals surface area contributed by atoms with Crippen LogP contribution in [0.15, 0.2) is 41.6 Å². The third kappa shape index (κ3) is 5.15. The summed E-state index contributed by atoms with van der Waals surface area (Å²) in [5.74, 6) is 1.65. The second kappa shape index (κ2) is 9.59. The van der Waals surface area contributed by atoms with Crippen molar-refractivity contribution in [3.8, 4) is 0 Å². The average Bonchev–Trinajstić information content (AvgIpc) is 3.42. The first-order chi connectivity index (χ1) is 14.9. The maximum Gasteiger partial charge on any atom is 0.234 e. The van der Waals surface area contributed by atoms with E-state index in [0.29, 0.717) is 32.6 Å². The molecular weight excluding hydrogens is 498 g/mol. The molecule has 5 nitrogen and oxygen atoms in total. The molecule has 0 radical (unpaired) electrons. The minimum atomic E-state index is -0.219. The molecule has 0 aliphatic heterocycles. The first kappa shape index (κ1) is 22.7. The lowest BCUT2D eigenvalue weighted by Gasteiger charge is -2.09. The fourth-order valence-electron chi connectivity index (χ4n) is 3.47. The van der Waals surface area contributed by atoms with E-state index in [1.54, 1.807) is 0 Å². The van der Waals surface area contributed by atoms with Gasteiger partial charge >= 0.3 is 0 Å². The molecule has 0 saturated heterocycles. The van der Waals surface area contributed by atoms with E-state index in [0.717, 1.165) is 29.0 Å². The number of halogens is 4. The van der Waals surface area contributed by atoms with Crippen LogP contribution in [0.3, 0.4) is 0 Å². The molecule has 1 amide bonds. The van der Waals surface area contributed by atoms with Gasteiger partial charge in [0.1, 0.15) is 5.82 Å². The van der Waals surface area contributed by atoms with Crippen molar-refractivity contribution in [1.82, 2.24) is 14.8 Å². The molecule has 4 rings (SSSR count). The molecule has 1 aromatic heterocycles. The first-order valence-electron chi connectivity index (χ1n) is 9.63. The Labute approximate surface area is 204 Å². The molecule has 0 unspecified atom stereocenters. The fraction of sp³-hybridized carbons (Fsp3) is 0.286. The Balaban J connectivity index is 1.40. The lowest BCUT2D eigenvalue weighted by atomic mass is 10.1. The minimum Gasteiger partial charge on any atom is -0.324 e. The summed E-state index contributed by atoms with van der Waals surface area (Å²) in [5.41, 5.74) is 1.68. The summed E-state index contributed by atoms with van der Waals surface area (Å²) in [4.78, 5) is 12.4. The highest BCUT2D eigenvalue weighted by Crippen LogP contribution is 2.54. The van der Waals surface area contributed by atoms with Crippen molar-refractivity contribution in [2.24, 2.45) is 0 Å². The van der Waals surface area contributed by atoms with Gasteiger partial charge in [-0.2, -0.15) is 0 Å². The summed E-state index contributed by atoms with van der Waals surface area (Å²) in [6.45, 7) is 2.78. The summed E-state index contributed by atoms with van der Waals surface area (Å²) in [5, 5.41) is 13.9. The van der Waals surface area contributed by atoms with Crippen molar-refractivity contribution >= 4 is 69.8 Å². The molecule has 3 aromatic rings. The van der Waals surface area contributed by atoms with Crippen molar-refractivity contribution in [2.45, 2.75) is 36.9 Å². The van der Waals surface area contributed by atoms with Gasteiger partial charge in [-0.25, -0.2) is 0 Å². The van der Waals surface area contributed by atoms with Crippen LogP contribution in [0, 0.1) is 0 Å². The van der Waals surface area contributed by atoms with Crippen molar-refractivity contribution in [3.63, 3.8) is 0 Å². The van der Waals surface area contributed by atoms with Gasteiger partial charge in [0, 0.05) is 17.5 Å². The monoisotopic (exact) mass is 514 g/mol. The highest BCUT2D eigenvalue weighted by molar-refractivity contribution is 7.99. The number of nitrogens with one attached hydrogen (secondary N) is 1. The minimum absolute atomic E-state index is 0.167. The number of amides is 1. The van der Waals surface area contributed by atoms with E-state index in [4.69, 9.17) is 46.4 Å². The van der Waals surface area contributed by atoms with Crippen LogP contribution < -0.4 is 5.32 Å². The van der Waals surface area contributed by atoms with Crippen LogP contribution in [0.4, 0.5) is 5.69 Å². The smallest absolute Gasteiger partial charge is 0.234 e. The molecule has 1 aliphatic rings. The van der Waals surface area contributed by atoms with E-state index in [9.17, 15) is 4.79 Å². The van der Waals surface area contributed by atoms with Gasteiger partial charge in [0.05, 0.1) is 26.5 Å². The van der Waals surface area contributed by atoms with Gasteiger partial charge in [0.25, 0.3) is 0 Å². The SMILES string of the molecule is CCn1c(SCC(=O)Nc2cc(Cl)c(Cl)cc2Cl)nnc1[C@H]1C[C@@H]1c1ccc(Cl)cc1. The molecule has 2 aromatic carbocycles. The lowest BCUT2D eigenvalue weighted by molar-refractivity contribution is -0.113. The zero-order valence-electron chi connectivity index (χ0n) is 16.4. The van der Waals surface area contributed by atoms with E-state index < -0.39 is 0 Å². The van der Waals surface area contributed by atoms with E-state index in [2.05, 4.69) is 32.2 Å². The number of aromatic nitrogens is 3. The highest BCUT2D eigenvalue weighted by Gasteiger charge is 2.43. The Morgan fingerprint density at radius 2 is 1.77 bits per heavy atom. The highest BCUT2D eigenvalue weighted by atomic mass is 35.5. The van der Waals surface area contributed by atoms with E-state index in [-0.39, 0.29) is 11.7 Å². The van der Waals surface area contributed by atoms with E-state index >= 15 is 0 Å². The second-order valence-electron chi connectivity index (χ2n) is 7.17. The Morgan fingerprint density at radius 1 is 1.06 bits per heavy atom. The molecule has 2 atom stereocenters. The second-order valence-corrected chi connectivity index (χ2v) is 9.77. The van der Waals surface area contributed by atoms with Crippen LogP contribution in [0.2, 0.25) is 20.1 Å². The molecule has 1 N–H and O–H groups in total. The standard InChI is InChI=1S/C21H18Cl4N4OS/c1-2-29-20(14-7-13(14)11-3-5-12(22)6-4-11)27-28-21(29)31-10-19(30)26-18-9-16(24)15(23)8-17(18)25/h3-6,8-9,13-14H,2,7,10H2,1H3,(H,26,30)/t13-,14+/m1/s1. The van der Waals surface area contributed by atoms with Crippen molar-refractivity contribution in [1.29, 1.82) is 0 Å². The van der Waals surface area contributed by atoms with Gasteiger partial charge in [-0.1, -0.05) is 70.3 Å². The van der Waals surface area contributed by atoms with Crippen LogP contribution in [0.5, 0.6) is 0 Å². The van der Waals surface area contributed by atoms with E-state index in [1.807, 2.05) is 19.1 Å². The molecule has 0 bridgehead atoms. The van der Waals surface area contributed by atoms with Gasteiger partial charge in [-0.15, -0.1) is 10.2 Å². The predicted molar refractivity (Wildman–Crippen MR) is 128 cm³/mol. The summed E-state index contributed by atoms with van der Waals surface area (Å²) in [7, 11) is 0. The van der Waals surface area contributed by atoms with Crippen molar-refractivity contribution in [3.05, 3.63) is 67.9 Å². The summed E-state index contributed by atoms with van der Waals surface area (Å²) >= 11 is 25.4. The van der Waals surface area contributed by atoms with Crippen molar-refractivity contribution in [2.75, 3.05) is 11.1 Å². The van der Waals surface area contributed by atoms with Crippen LogP contribution in [0.1, 0.15) is 36.6 Å². The molecular formula is C21H18Cl4N4OS. The molecule has 10 heteroatoms.